The van der Waals surface area contributed by atoms with Crippen molar-refractivity contribution in [1.29, 1.82) is 0 Å². The highest BCUT2D eigenvalue weighted by Gasteiger charge is 2.37. The first kappa shape index (κ1) is 10.1. The molecule has 1 aliphatic rings. The molecule has 0 aromatic rings. The average molecular weight is 168 g/mol. The Morgan fingerprint density at radius 1 is 1.00 bits per heavy atom. The van der Waals surface area contributed by atoms with Crippen molar-refractivity contribution in [3.63, 3.8) is 0 Å². The first-order valence-corrected chi connectivity index (χ1v) is 5.83. The summed E-state index contributed by atoms with van der Waals surface area (Å²) in [5.74, 6) is 3.27. The van der Waals surface area contributed by atoms with E-state index in [-0.39, 0.29) is 0 Å². The monoisotopic (exact) mass is 168 g/mol. The van der Waals surface area contributed by atoms with Gasteiger partial charge in [-0.3, -0.25) is 0 Å². The first-order valence-electron chi connectivity index (χ1n) is 5.83. The number of unbranched alkanes of at least 4 members (excludes halogenated alkanes) is 1. The maximum Gasteiger partial charge on any atom is -0.0357 e. The number of hydrogen-bond donors (Lipinski definition) is 0. The molecule has 12 heavy (non-hydrogen) atoms. The van der Waals surface area contributed by atoms with Gasteiger partial charge in [0.15, 0.2) is 0 Å². The van der Waals surface area contributed by atoms with E-state index in [1.165, 1.54) is 38.5 Å². The van der Waals surface area contributed by atoms with E-state index in [0.29, 0.717) is 0 Å². The Balaban J connectivity index is 2.25. The third kappa shape index (κ3) is 2.02. The van der Waals surface area contributed by atoms with Gasteiger partial charge in [-0.1, -0.05) is 46.5 Å². The Labute approximate surface area is 77.7 Å². The van der Waals surface area contributed by atoms with Crippen molar-refractivity contribution in [2.24, 2.45) is 17.8 Å². The van der Waals surface area contributed by atoms with Crippen molar-refractivity contribution in [2.45, 2.75) is 59.3 Å². The maximum absolute atomic E-state index is 2.36. The second-order valence-corrected chi connectivity index (χ2v) is 4.38. The molecule has 0 aromatic carbocycles. The van der Waals surface area contributed by atoms with Crippen LogP contribution < -0.4 is 0 Å². The summed E-state index contributed by atoms with van der Waals surface area (Å²) in [4.78, 5) is 0. The van der Waals surface area contributed by atoms with Crippen LogP contribution in [0.25, 0.3) is 0 Å². The molecule has 1 aliphatic carbocycles. The van der Waals surface area contributed by atoms with Gasteiger partial charge in [-0.2, -0.15) is 0 Å². The van der Waals surface area contributed by atoms with Gasteiger partial charge < -0.3 is 0 Å². The van der Waals surface area contributed by atoms with Crippen LogP contribution >= 0.6 is 0 Å². The summed E-state index contributed by atoms with van der Waals surface area (Å²) in [6.07, 6.45) is 8.71. The van der Waals surface area contributed by atoms with Crippen molar-refractivity contribution in [3.8, 4) is 0 Å². The van der Waals surface area contributed by atoms with E-state index in [0.717, 1.165) is 17.8 Å². The van der Waals surface area contributed by atoms with E-state index in [2.05, 4.69) is 20.8 Å². The molecular weight excluding hydrogens is 144 g/mol. The minimum absolute atomic E-state index is 1.08. The highest BCUT2D eigenvalue weighted by Crippen LogP contribution is 2.46. The number of hydrogen-bond acceptors (Lipinski definition) is 0. The lowest BCUT2D eigenvalue weighted by Crippen LogP contribution is -2.35. The van der Waals surface area contributed by atoms with Gasteiger partial charge in [0.2, 0.25) is 0 Å². The van der Waals surface area contributed by atoms with Crippen LogP contribution in [0.1, 0.15) is 59.3 Å². The lowest BCUT2D eigenvalue weighted by atomic mass is 9.61. The van der Waals surface area contributed by atoms with Gasteiger partial charge in [-0.05, 0) is 30.6 Å². The van der Waals surface area contributed by atoms with E-state index in [9.17, 15) is 0 Å². The Hall–Kier alpha value is 0. The molecule has 0 heterocycles. The SMILES string of the molecule is CCCCC1C(CC)CC1CC. The summed E-state index contributed by atoms with van der Waals surface area (Å²) in [7, 11) is 0. The molecule has 0 N–H and O–H groups in total. The Bertz CT molecular complexity index is 107. The summed E-state index contributed by atoms with van der Waals surface area (Å²) in [5, 5.41) is 0. The Kier molecular flexibility index (Phi) is 4.11. The molecule has 72 valence electrons. The van der Waals surface area contributed by atoms with E-state index in [4.69, 9.17) is 0 Å². The molecule has 0 nitrogen and oxygen atoms in total. The fourth-order valence-electron chi connectivity index (χ4n) is 2.78. The van der Waals surface area contributed by atoms with Crippen LogP contribution in [-0.4, -0.2) is 0 Å². The van der Waals surface area contributed by atoms with Crippen LogP contribution in [0.2, 0.25) is 0 Å². The average Bonchev–Trinajstić information content (AvgIpc) is 2.05. The minimum Gasteiger partial charge on any atom is -0.0654 e. The fraction of sp³-hybridized carbons (Fsp3) is 1.00. The van der Waals surface area contributed by atoms with E-state index < -0.39 is 0 Å². The van der Waals surface area contributed by atoms with Crippen molar-refractivity contribution in [3.05, 3.63) is 0 Å². The summed E-state index contributed by atoms with van der Waals surface area (Å²) < 4.78 is 0. The topological polar surface area (TPSA) is 0 Å². The molecule has 0 spiro atoms. The van der Waals surface area contributed by atoms with Crippen molar-refractivity contribution >= 4 is 0 Å². The van der Waals surface area contributed by atoms with Crippen molar-refractivity contribution in [2.75, 3.05) is 0 Å². The van der Waals surface area contributed by atoms with Crippen LogP contribution in [0.4, 0.5) is 0 Å². The van der Waals surface area contributed by atoms with Gasteiger partial charge in [0, 0.05) is 0 Å². The van der Waals surface area contributed by atoms with Crippen LogP contribution in [0, 0.1) is 17.8 Å². The molecule has 0 bridgehead atoms. The first-order chi connectivity index (χ1) is 5.83. The Morgan fingerprint density at radius 3 is 2.00 bits per heavy atom. The van der Waals surface area contributed by atoms with Crippen LogP contribution in [0.3, 0.4) is 0 Å². The zero-order valence-corrected chi connectivity index (χ0v) is 8.97. The third-order valence-electron chi connectivity index (χ3n) is 3.76. The predicted molar refractivity (Wildman–Crippen MR) is 55.2 cm³/mol. The largest absolute Gasteiger partial charge is 0.0654 e. The quantitative estimate of drug-likeness (QED) is 0.575. The number of rotatable bonds is 5. The summed E-state index contributed by atoms with van der Waals surface area (Å²) >= 11 is 0. The standard InChI is InChI=1S/C12H24/c1-4-7-8-12-10(5-2)9-11(12)6-3/h10-12H,4-9H2,1-3H3. The molecule has 1 fully saturated rings. The minimum atomic E-state index is 1.08. The third-order valence-corrected chi connectivity index (χ3v) is 3.76. The Morgan fingerprint density at radius 2 is 1.58 bits per heavy atom. The lowest BCUT2D eigenvalue weighted by molar-refractivity contribution is 0.0549. The van der Waals surface area contributed by atoms with Crippen LogP contribution in [-0.2, 0) is 0 Å². The lowest BCUT2D eigenvalue weighted by Gasteiger charge is -2.44. The molecule has 2 unspecified atom stereocenters. The maximum atomic E-state index is 2.36. The predicted octanol–water partition coefficient (Wildman–Crippen LogP) is 4.25. The molecular formula is C12H24. The van der Waals surface area contributed by atoms with Gasteiger partial charge in [0.05, 0.1) is 0 Å². The molecule has 0 saturated heterocycles. The van der Waals surface area contributed by atoms with Gasteiger partial charge in [-0.15, -0.1) is 0 Å². The van der Waals surface area contributed by atoms with Crippen molar-refractivity contribution in [1.82, 2.24) is 0 Å². The summed E-state index contributed by atoms with van der Waals surface area (Å²) in [6, 6.07) is 0. The normalized spacial score (nSPS) is 34.8. The fourth-order valence-corrected chi connectivity index (χ4v) is 2.78. The molecule has 0 amide bonds. The molecule has 2 atom stereocenters. The summed E-state index contributed by atoms with van der Waals surface area (Å²) in [5.41, 5.74) is 0. The zero-order valence-electron chi connectivity index (χ0n) is 8.97. The highest BCUT2D eigenvalue weighted by molar-refractivity contribution is 4.87. The van der Waals surface area contributed by atoms with E-state index in [1.807, 2.05) is 0 Å². The molecule has 1 saturated carbocycles. The molecule has 0 radical (unpaired) electrons. The van der Waals surface area contributed by atoms with Gasteiger partial charge in [-0.25, -0.2) is 0 Å². The van der Waals surface area contributed by atoms with Crippen LogP contribution in [0.15, 0.2) is 0 Å². The molecule has 0 aliphatic heterocycles. The van der Waals surface area contributed by atoms with Gasteiger partial charge in [0.25, 0.3) is 0 Å². The molecule has 0 heteroatoms. The highest BCUT2D eigenvalue weighted by atomic mass is 14.4. The smallest absolute Gasteiger partial charge is 0.0357 e. The van der Waals surface area contributed by atoms with E-state index >= 15 is 0 Å². The van der Waals surface area contributed by atoms with Crippen molar-refractivity contribution < 1.29 is 0 Å². The van der Waals surface area contributed by atoms with Gasteiger partial charge >= 0.3 is 0 Å². The summed E-state index contributed by atoms with van der Waals surface area (Å²) in [6.45, 7) is 7.02. The molecule has 1 rings (SSSR count). The van der Waals surface area contributed by atoms with Crippen LogP contribution in [0.5, 0.6) is 0 Å². The zero-order chi connectivity index (χ0) is 8.97. The van der Waals surface area contributed by atoms with Gasteiger partial charge in [0.1, 0.15) is 0 Å². The second-order valence-electron chi connectivity index (χ2n) is 4.38. The molecule has 0 aromatic heterocycles. The second kappa shape index (κ2) is 4.89. The van der Waals surface area contributed by atoms with E-state index in [1.54, 1.807) is 0 Å².